The van der Waals surface area contributed by atoms with Crippen molar-refractivity contribution in [2.24, 2.45) is 0 Å². The first-order chi connectivity index (χ1) is 30.8. The minimum atomic E-state index is -0.706. The molecule has 332 valence electrons. The predicted molar refractivity (Wildman–Crippen MR) is 244 cm³/mol. The van der Waals surface area contributed by atoms with Gasteiger partial charge in [-0.25, -0.2) is 4.98 Å². The topological polar surface area (TPSA) is 177 Å². The summed E-state index contributed by atoms with van der Waals surface area (Å²) >= 11 is 1.49. The lowest BCUT2D eigenvalue weighted by Crippen LogP contribution is -2.31. The van der Waals surface area contributed by atoms with Crippen LogP contribution in [0.2, 0.25) is 0 Å². The summed E-state index contributed by atoms with van der Waals surface area (Å²) in [5.74, 6) is 0.767. The first kappa shape index (κ1) is 47.0. The predicted octanol–water partition coefficient (Wildman–Crippen LogP) is 10.0. The maximum absolute atomic E-state index is 12.7. The number of benzene rings is 4. The van der Waals surface area contributed by atoms with Crippen LogP contribution in [0, 0.1) is 0 Å². The van der Waals surface area contributed by atoms with Crippen molar-refractivity contribution in [3.8, 4) is 22.6 Å². The highest BCUT2D eigenvalue weighted by Gasteiger charge is 2.33. The summed E-state index contributed by atoms with van der Waals surface area (Å²) in [6, 6.07) is 35.1. The molecule has 0 radical (unpaired) electrons. The van der Waals surface area contributed by atoms with Gasteiger partial charge in [0.25, 0.3) is 5.22 Å². The van der Waals surface area contributed by atoms with Gasteiger partial charge >= 0.3 is 0 Å². The summed E-state index contributed by atoms with van der Waals surface area (Å²) in [6.45, 7) is -0.840. The molecule has 2 amide bonds. The van der Waals surface area contributed by atoms with Gasteiger partial charge in [-0.05, 0) is 55.5 Å². The molecule has 1 saturated heterocycles. The Balaban J connectivity index is 1.10. The van der Waals surface area contributed by atoms with Gasteiger partial charge in [0.1, 0.15) is 18.9 Å². The molecule has 5 aromatic rings. The maximum Gasteiger partial charge on any atom is 0.256 e. The summed E-state index contributed by atoms with van der Waals surface area (Å²) < 4.78 is 19.7. The molecular weight excluding hydrogens is 819 g/mol. The number of nitrogens with one attached hydrogen (secondary N) is 2. The Bertz CT molecular complexity index is 2050. The number of anilines is 2. The fraction of sp³-hybridized carbons (Fsp3) is 0.380. The van der Waals surface area contributed by atoms with E-state index in [4.69, 9.17) is 29.1 Å². The average Bonchev–Trinajstić information content (AvgIpc) is 3.76. The number of hydrogen-bond acceptors (Lipinski definition) is 11. The number of aliphatic hydroxyl groups is 2. The van der Waals surface area contributed by atoms with Gasteiger partial charge in [0.15, 0.2) is 23.6 Å². The van der Waals surface area contributed by atoms with E-state index in [1.807, 2.05) is 109 Å². The van der Waals surface area contributed by atoms with Crippen molar-refractivity contribution in [2.75, 3.05) is 29.6 Å². The summed E-state index contributed by atoms with van der Waals surface area (Å²) in [6.07, 6.45) is 6.93. The standard InChI is InChI=1S/C50H57N3O9S/c54-32-41(56)19-11-1-3-13-21-45(58)51-39-27-23-35(24-28-39)44-31-43(34-63-50-53-47(36-15-7-5-8-16-36)48(62-50)37-17-9-6-10-18-37)60-49(61-44)38-25-29-40(30-26-38)52-46(59)22-14-4-2-12-20-42(57)33-55/h5-10,15-18,23-30,43-44,49,54-55H,1-4,11-14,19-22,31-34H2,(H,51,58)(H,52,59). The second kappa shape index (κ2) is 25.0. The SMILES string of the molecule is O=C(CO)CCCCCCC(=O)Nc1ccc(C2CC(CSc3nc(-c4ccccc4)c(-c4ccccc4)o3)OC(c3ccc(NC(=O)CCCCCCC(=O)CO)cc3)O2)cc1. The lowest BCUT2D eigenvalue weighted by atomic mass is 10.0. The van der Waals surface area contributed by atoms with Crippen LogP contribution in [0.4, 0.5) is 11.4 Å². The van der Waals surface area contributed by atoms with E-state index in [0.29, 0.717) is 85.9 Å². The minimum absolute atomic E-state index is 0.0743. The van der Waals surface area contributed by atoms with Crippen LogP contribution in [0.5, 0.6) is 0 Å². The molecule has 4 aromatic carbocycles. The van der Waals surface area contributed by atoms with Gasteiger partial charge in [-0.2, -0.15) is 0 Å². The van der Waals surface area contributed by atoms with Crippen LogP contribution in [0.1, 0.15) is 107 Å². The Hall–Kier alpha value is -5.44. The summed E-state index contributed by atoms with van der Waals surface area (Å²) in [7, 11) is 0. The fourth-order valence-corrected chi connectivity index (χ4v) is 8.16. The second-order valence-corrected chi connectivity index (χ2v) is 16.7. The van der Waals surface area contributed by atoms with Crippen molar-refractivity contribution < 1.29 is 43.3 Å². The summed E-state index contributed by atoms with van der Waals surface area (Å²) in [4.78, 5) is 52.9. The smallest absolute Gasteiger partial charge is 0.256 e. The van der Waals surface area contributed by atoms with Gasteiger partial charge in [0.2, 0.25) is 11.8 Å². The van der Waals surface area contributed by atoms with Crippen molar-refractivity contribution in [3.63, 3.8) is 0 Å². The van der Waals surface area contributed by atoms with E-state index in [1.165, 1.54) is 11.8 Å². The van der Waals surface area contributed by atoms with Crippen molar-refractivity contribution in [1.82, 2.24) is 4.98 Å². The van der Waals surface area contributed by atoms with Gasteiger partial charge in [-0.15, -0.1) is 0 Å². The van der Waals surface area contributed by atoms with Crippen LogP contribution in [0.25, 0.3) is 22.6 Å². The zero-order chi connectivity index (χ0) is 44.2. The van der Waals surface area contributed by atoms with Gasteiger partial charge in [-0.3, -0.25) is 19.2 Å². The van der Waals surface area contributed by atoms with Crippen LogP contribution < -0.4 is 10.6 Å². The van der Waals surface area contributed by atoms with Crippen molar-refractivity contribution in [3.05, 3.63) is 120 Å². The highest BCUT2D eigenvalue weighted by molar-refractivity contribution is 7.99. The Morgan fingerprint density at radius 3 is 1.60 bits per heavy atom. The molecule has 12 nitrogen and oxygen atoms in total. The van der Waals surface area contributed by atoms with E-state index < -0.39 is 19.5 Å². The number of thioether (sulfide) groups is 1. The van der Waals surface area contributed by atoms with Crippen molar-refractivity contribution in [2.45, 2.75) is 107 Å². The highest BCUT2D eigenvalue weighted by Crippen LogP contribution is 2.41. The molecule has 3 unspecified atom stereocenters. The molecule has 3 atom stereocenters. The normalized spacial score (nSPS) is 16.1. The highest BCUT2D eigenvalue weighted by atomic mass is 32.2. The van der Waals surface area contributed by atoms with E-state index in [0.717, 1.165) is 53.6 Å². The first-order valence-electron chi connectivity index (χ1n) is 21.9. The number of amides is 2. The number of aliphatic hydroxyl groups excluding tert-OH is 2. The molecule has 1 aromatic heterocycles. The molecule has 0 spiro atoms. The third kappa shape index (κ3) is 15.1. The number of aromatic nitrogens is 1. The van der Waals surface area contributed by atoms with Crippen molar-refractivity contribution >= 4 is 46.5 Å². The molecule has 6 rings (SSSR count). The molecule has 13 heteroatoms. The molecule has 1 fully saturated rings. The number of ether oxygens (including phenoxy) is 2. The molecule has 0 bridgehead atoms. The number of rotatable bonds is 25. The number of nitrogens with zero attached hydrogens (tertiary/aromatic N) is 1. The van der Waals surface area contributed by atoms with Crippen molar-refractivity contribution in [1.29, 1.82) is 0 Å². The number of unbranched alkanes of at least 4 members (excludes halogenated alkanes) is 6. The molecule has 0 aliphatic carbocycles. The second-order valence-electron chi connectivity index (χ2n) is 15.7. The molecule has 1 aliphatic heterocycles. The fourth-order valence-electron chi connectivity index (χ4n) is 7.32. The molecular formula is C50H57N3O9S. The van der Waals surface area contributed by atoms with E-state index in [2.05, 4.69) is 10.6 Å². The number of oxazole rings is 1. The molecule has 63 heavy (non-hydrogen) atoms. The number of carbonyl (C=O) groups excluding carboxylic acids is 4. The zero-order valence-electron chi connectivity index (χ0n) is 35.5. The zero-order valence-corrected chi connectivity index (χ0v) is 36.4. The lowest BCUT2D eigenvalue weighted by molar-refractivity contribution is -0.245. The monoisotopic (exact) mass is 875 g/mol. The molecule has 0 saturated carbocycles. The Morgan fingerprint density at radius 1 is 0.587 bits per heavy atom. The minimum Gasteiger partial charge on any atom is -0.431 e. The molecule has 2 heterocycles. The number of Topliss-reactive ketones (excluding diaryl/α,β-unsaturated/α-hetero) is 2. The van der Waals surface area contributed by atoms with Crippen LogP contribution in [0.3, 0.4) is 0 Å². The van der Waals surface area contributed by atoms with Crippen LogP contribution in [-0.4, -0.2) is 63.6 Å². The average molecular weight is 876 g/mol. The largest absolute Gasteiger partial charge is 0.431 e. The van der Waals surface area contributed by atoms with Gasteiger partial charge in [0, 0.05) is 65.9 Å². The van der Waals surface area contributed by atoms with Gasteiger partial charge < -0.3 is 34.7 Å². The van der Waals surface area contributed by atoms with E-state index in [-0.39, 0.29) is 35.6 Å². The first-order valence-corrected chi connectivity index (χ1v) is 22.9. The quantitative estimate of drug-likeness (QED) is 0.0324. The lowest BCUT2D eigenvalue weighted by Gasteiger charge is -2.36. The summed E-state index contributed by atoms with van der Waals surface area (Å²) in [5.41, 5.74) is 5.75. The van der Waals surface area contributed by atoms with Gasteiger partial charge in [0.05, 0.1) is 12.2 Å². The number of ketones is 2. The Morgan fingerprint density at radius 2 is 1.08 bits per heavy atom. The third-order valence-electron chi connectivity index (χ3n) is 10.8. The van der Waals surface area contributed by atoms with Crippen LogP contribution >= 0.6 is 11.8 Å². The number of hydrogen-bond donors (Lipinski definition) is 4. The van der Waals surface area contributed by atoms with Crippen LogP contribution in [0.15, 0.2) is 119 Å². The third-order valence-corrected chi connectivity index (χ3v) is 11.7. The van der Waals surface area contributed by atoms with E-state index in [9.17, 15) is 19.2 Å². The summed E-state index contributed by atoms with van der Waals surface area (Å²) in [5, 5.41) is 24.2. The Labute approximate surface area is 373 Å². The molecule has 1 aliphatic rings. The Kier molecular flexibility index (Phi) is 18.7. The maximum atomic E-state index is 12.7. The van der Waals surface area contributed by atoms with E-state index >= 15 is 0 Å². The number of carbonyl (C=O) groups is 4. The van der Waals surface area contributed by atoms with Crippen LogP contribution in [-0.2, 0) is 28.7 Å². The van der Waals surface area contributed by atoms with E-state index in [1.54, 1.807) is 0 Å². The molecule has 4 N–H and O–H groups in total. The van der Waals surface area contributed by atoms with Gasteiger partial charge in [-0.1, -0.05) is 122 Å².